The highest BCUT2D eigenvalue weighted by Gasteiger charge is 2.24. The van der Waals surface area contributed by atoms with Crippen molar-refractivity contribution < 1.29 is 9.59 Å². The summed E-state index contributed by atoms with van der Waals surface area (Å²) in [5, 5.41) is 5.38. The minimum atomic E-state index is -0.722. The molecule has 2 amide bonds. The van der Waals surface area contributed by atoms with E-state index in [0.29, 0.717) is 11.4 Å². The van der Waals surface area contributed by atoms with Crippen LogP contribution in [0.1, 0.15) is 36.8 Å². The first-order valence-corrected chi connectivity index (χ1v) is 9.57. The summed E-state index contributed by atoms with van der Waals surface area (Å²) in [5.74, 6) is -1.44. The summed E-state index contributed by atoms with van der Waals surface area (Å²) < 4.78 is 0. The molecule has 0 radical (unpaired) electrons. The fourth-order valence-corrected chi connectivity index (χ4v) is 3.60. The molecule has 2 atom stereocenters. The third-order valence-corrected chi connectivity index (χ3v) is 5.13. The van der Waals surface area contributed by atoms with Crippen LogP contribution in [-0.2, 0) is 9.59 Å². The number of hydrogen-bond donors (Lipinski definition) is 2. The Morgan fingerprint density at radius 3 is 1.57 bits per heavy atom. The van der Waals surface area contributed by atoms with Gasteiger partial charge in [0.25, 0.3) is 0 Å². The van der Waals surface area contributed by atoms with E-state index in [1.165, 1.54) is 0 Å². The summed E-state index contributed by atoms with van der Waals surface area (Å²) in [7, 11) is 0. The van der Waals surface area contributed by atoms with Crippen LogP contribution in [-0.4, -0.2) is 36.3 Å². The van der Waals surface area contributed by atoms with Gasteiger partial charge in [0.2, 0.25) is 0 Å². The van der Waals surface area contributed by atoms with Crippen molar-refractivity contribution in [3.05, 3.63) is 59.7 Å². The third kappa shape index (κ3) is 4.01. The standard InChI is InChI=1S/C22H22N4O2/c27-21-22(28)26-18-10-4-2-8-16(18)14-24-20-12-6-5-11-19(20)23-13-15-7-1-3-9-17(15)25-21/h1-4,7-10,13-14,19-20H,5-6,11-12H2,(H,25,27)(H,26,28)/t19-,20-/m1/s1. The SMILES string of the molecule is O=C1Nc2ccccc2C=N[C@@H]2CCCC[C@H]2N=Cc2ccccc2NC1=O. The second-order valence-electron chi connectivity index (χ2n) is 7.06. The van der Waals surface area contributed by atoms with Crippen molar-refractivity contribution in [2.75, 3.05) is 10.6 Å². The summed E-state index contributed by atoms with van der Waals surface area (Å²) in [6.07, 6.45) is 7.83. The summed E-state index contributed by atoms with van der Waals surface area (Å²) in [5.41, 5.74) is 2.67. The molecule has 142 valence electrons. The Balaban J connectivity index is 1.75. The molecule has 1 saturated carbocycles. The van der Waals surface area contributed by atoms with Crippen LogP contribution in [0.3, 0.4) is 0 Å². The fourth-order valence-electron chi connectivity index (χ4n) is 3.60. The van der Waals surface area contributed by atoms with E-state index in [9.17, 15) is 9.59 Å². The van der Waals surface area contributed by atoms with Gasteiger partial charge in [0.15, 0.2) is 0 Å². The van der Waals surface area contributed by atoms with Gasteiger partial charge in [-0.2, -0.15) is 0 Å². The Hall–Kier alpha value is -3.28. The van der Waals surface area contributed by atoms with E-state index in [1.807, 2.05) is 36.4 Å². The number of para-hydroxylation sites is 2. The summed E-state index contributed by atoms with van der Waals surface area (Å²) >= 11 is 0. The number of hydrogen-bond acceptors (Lipinski definition) is 4. The van der Waals surface area contributed by atoms with E-state index in [-0.39, 0.29) is 12.1 Å². The Morgan fingerprint density at radius 2 is 1.11 bits per heavy atom. The van der Waals surface area contributed by atoms with Gasteiger partial charge in [-0.3, -0.25) is 19.6 Å². The molecule has 0 saturated heterocycles. The summed E-state index contributed by atoms with van der Waals surface area (Å²) in [6, 6.07) is 14.9. The predicted octanol–water partition coefficient (Wildman–Crippen LogP) is 3.43. The van der Waals surface area contributed by atoms with Crippen molar-refractivity contribution in [2.24, 2.45) is 9.98 Å². The average Bonchev–Trinajstić information content (AvgIpc) is 2.72. The van der Waals surface area contributed by atoms with Crippen molar-refractivity contribution in [1.82, 2.24) is 0 Å². The van der Waals surface area contributed by atoms with Crippen LogP contribution >= 0.6 is 0 Å². The Bertz CT molecular complexity index is 874. The fraction of sp³-hybridized carbons (Fsp3) is 0.273. The van der Waals surface area contributed by atoms with Gasteiger partial charge in [-0.05, 0) is 25.0 Å². The van der Waals surface area contributed by atoms with E-state index in [4.69, 9.17) is 9.98 Å². The van der Waals surface area contributed by atoms with E-state index in [0.717, 1.165) is 36.8 Å². The molecule has 1 aliphatic heterocycles. The van der Waals surface area contributed by atoms with Gasteiger partial charge in [-0.25, -0.2) is 0 Å². The lowest BCUT2D eigenvalue weighted by Crippen LogP contribution is -2.30. The highest BCUT2D eigenvalue weighted by Crippen LogP contribution is 2.25. The maximum Gasteiger partial charge on any atom is 0.314 e. The zero-order valence-electron chi connectivity index (χ0n) is 15.5. The first-order valence-electron chi connectivity index (χ1n) is 9.57. The van der Waals surface area contributed by atoms with Gasteiger partial charge in [-0.15, -0.1) is 0 Å². The summed E-state index contributed by atoms with van der Waals surface area (Å²) in [6.45, 7) is 0. The number of aliphatic imine (C=N–C) groups is 2. The molecule has 2 N–H and O–H groups in total. The second kappa shape index (κ2) is 8.17. The molecule has 2 aromatic rings. The van der Waals surface area contributed by atoms with E-state index >= 15 is 0 Å². The molecule has 0 spiro atoms. The van der Waals surface area contributed by atoms with Gasteiger partial charge in [-0.1, -0.05) is 49.2 Å². The molecule has 6 nitrogen and oxygen atoms in total. The first-order chi connectivity index (χ1) is 13.7. The molecule has 2 aromatic carbocycles. The number of nitrogens with zero attached hydrogens (tertiary/aromatic N) is 2. The maximum atomic E-state index is 12.4. The number of benzene rings is 2. The van der Waals surface area contributed by atoms with Gasteiger partial charge in [0.05, 0.1) is 12.1 Å². The van der Waals surface area contributed by atoms with Crippen LogP contribution in [0.4, 0.5) is 11.4 Å². The molecule has 1 aliphatic carbocycles. The summed E-state index contributed by atoms with van der Waals surface area (Å²) in [4.78, 5) is 34.3. The Morgan fingerprint density at radius 1 is 0.679 bits per heavy atom. The molecule has 0 bridgehead atoms. The molecule has 1 fully saturated rings. The van der Waals surface area contributed by atoms with Gasteiger partial charge in [0, 0.05) is 34.9 Å². The number of nitrogens with one attached hydrogen (secondary N) is 2. The van der Waals surface area contributed by atoms with Gasteiger partial charge in [0.1, 0.15) is 0 Å². The molecule has 0 aromatic heterocycles. The highest BCUT2D eigenvalue weighted by molar-refractivity contribution is 6.44. The Labute approximate surface area is 163 Å². The number of amides is 2. The van der Waals surface area contributed by atoms with Crippen molar-refractivity contribution in [1.29, 1.82) is 0 Å². The lowest BCUT2D eigenvalue weighted by molar-refractivity contribution is -0.133. The molecular weight excluding hydrogens is 352 g/mol. The molecule has 2 aliphatic rings. The molecular formula is C22H22N4O2. The smallest absolute Gasteiger partial charge is 0.314 e. The van der Waals surface area contributed by atoms with Crippen molar-refractivity contribution in [2.45, 2.75) is 37.8 Å². The zero-order valence-corrected chi connectivity index (χ0v) is 15.5. The van der Waals surface area contributed by atoms with E-state index in [2.05, 4.69) is 10.6 Å². The van der Waals surface area contributed by atoms with Crippen molar-refractivity contribution in [3.8, 4) is 0 Å². The van der Waals surface area contributed by atoms with Crippen LogP contribution in [0, 0.1) is 0 Å². The monoisotopic (exact) mass is 374 g/mol. The molecule has 0 unspecified atom stereocenters. The first kappa shape index (κ1) is 18.1. The zero-order chi connectivity index (χ0) is 19.3. The van der Waals surface area contributed by atoms with Crippen LogP contribution in [0.5, 0.6) is 0 Å². The second-order valence-corrected chi connectivity index (χ2v) is 7.06. The van der Waals surface area contributed by atoms with Gasteiger partial charge < -0.3 is 10.6 Å². The van der Waals surface area contributed by atoms with E-state index in [1.54, 1.807) is 24.6 Å². The molecule has 1 heterocycles. The molecule has 4 rings (SSSR count). The topological polar surface area (TPSA) is 82.9 Å². The third-order valence-electron chi connectivity index (χ3n) is 5.13. The molecule has 6 heteroatoms. The Kier molecular flexibility index (Phi) is 5.28. The van der Waals surface area contributed by atoms with E-state index < -0.39 is 11.8 Å². The van der Waals surface area contributed by atoms with Crippen LogP contribution in [0.25, 0.3) is 0 Å². The highest BCUT2D eigenvalue weighted by atomic mass is 16.2. The van der Waals surface area contributed by atoms with Crippen molar-refractivity contribution >= 4 is 35.6 Å². The van der Waals surface area contributed by atoms with Crippen LogP contribution in [0.2, 0.25) is 0 Å². The average molecular weight is 374 g/mol. The molecule has 28 heavy (non-hydrogen) atoms. The van der Waals surface area contributed by atoms with Crippen molar-refractivity contribution in [3.63, 3.8) is 0 Å². The predicted molar refractivity (Wildman–Crippen MR) is 111 cm³/mol. The number of carbonyl (C=O) groups excluding carboxylic acids is 2. The number of carbonyl (C=O) groups is 2. The van der Waals surface area contributed by atoms with Gasteiger partial charge >= 0.3 is 11.8 Å². The van der Waals surface area contributed by atoms with Crippen LogP contribution < -0.4 is 10.6 Å². The largest absolute Gasteiger partial charge is 0.317 e. The minimum absolute atomic E-state index is 0.110. The number of rotatable bonds is 0. The quantitative estimate of drug-likeness (QED) is 0.693. The lowest BCUT2D eigenvalue weighted by atomic mass is 9.91. The number of anilines is 2. The minimum Gasteiger partial charge on any atom is -0.317 e. The normalized spacial score (nSPS) is 22.1. The number of fused-ring (bicyclic) bond motifs is 3. The van der Waals surface area contributed by atoms with Crippen LogP contribution in [0.15, 0.2) is 58.5 Å². The maximum absolute atomic E-state index is 12.4. The lowest BCUT2D eigenvalue weighted by Gasteiger charge is -2.25.